The molecule has 0 N–H and O–H groups in total. The number of esters is 3. The molecule has 0 heterocycles. The molecule has 0 fully saturated rings. The molecule has 0 aliphatic carbocycles. The zero-order valence-electron chi connectivity index (χ0n) is 42.7. The highest BCUT2D eigenvalue weighted by Gasteiger charge is 2.19. The largest absolute Gasteiger partial charge is 0.462 e. The van der Waals surface area contributed by atoms with Gasteiger partial charge in [-0.2, -0.15) is 0 Å². The van der Waals surface area contributed by atoms with Crippen molar-refractivity contribution in [2.24, 2.45) is 0 Å². The number of hydrogen-bond donors (Lipinski definition) is 0. The van der Waals surface area contributed by atoms with Crippen molar-refractivity contribution in [1.29, 1.82) is 0 Å². The summed E-state index contributed by atoms with van der Waals surface area (Å²) < 4.78 is 16.8. The first-order valence-electron chi connectivity index (χ1n) is 26.9. The monoisotopic (exact) mass is 915 g/mol. The molecular weight excluding hydrogens is 817 g/mol. The third kappa shape index (κ3) is 51.1. The molecule has 0 unspecified atom stereocenters. The Morgan fingerprint density at radius 1 is 0.303 bits per heavy atom. The topological polar surface area (TPSA) is 78.9 Å². The molecule has 0 radical (unpaired) electrons. The van der Waals surface area contributed by atoms with Crippen LogP contribution < -0.4 is 0 Å². The van der Waals surface area contributed by atoms with Crippen LogP contribution in [-0.4, -0.2) is 37.2 Å². The highest BCUT2D eigenvalue weighted by Crippen LogP contribution is 2.12. The lowest BCUT2D eigenvalue weighted by Crippen LogP contribution is -2.30. The van der Waals surface area contributed by atoms with Crippen molar-refractivity contribution in [3.8, 4) is 0 Å². The summed E-state index contributed by atoms with van der Waals surface area (Å²) in [5, 5.41) is 0. The summed E-state index contributed by atoms with van der Waals surface area (Å²) in [4.78, 5) is 38.1. The van der Waals surface area contributed by atoms with Gasteiger partial charge in [-0.15, -0.1) is 0 Å². The predicted octanol–water partition coefficient (Wildman–Crippen LogP) is 17.9. The Labute approximate surface area is 406 Å². The average Bonchev–Trinajstić information content (AvgIpc) is 3.31. The van der Waals surface area contributed by atoms with Crippen molar-refractivity contribution in [2.45, 2.75) is 239 Å². The maximum atomic E-state index is 12.8. The number of ether oxygens (including phenoxy) is 3. The molecule has 0 spiro atoms. The molecule has 0 aromatic rings. The molecule has 0 saturated carbocycles. The molecule has 6 heteroatoms. The summed E-state index contributed by atoms with van der Waals surface area (Å²) in [6, 6.07) is 0. The van der Waals surface area contributed by atoms with Crippen molar-refractivity contribution >= 4 is 17.9 Å². The highest BCUT2D eigenvalue weighted by molar-refractivity contribution is 5.71. The Morgan fingerprint density at radius 3 is 0.833 bits per heavy atom. The third-order valence-corrected chi connectivity index (χ3v) is 11.0. The van der Waals surface area contributed by atoms with Gasteiger partial charge in [0.05, 0.1) is 0 Å². The van der Waals surface area contributed by atoms with E-state index in [2.05, 4.69) is 130 Å². The van der Waals surface area contributed by atoms with Gasteiger partial charge >= 0.3 is 17.9 Å². The number of unbranched alkanes of at least 4 members (excludes halogenated alkanes) is 18. The van der Waals surface area contributed by atoms with Crippen molar-refractivity contribution in [2.75, 3.05) is 13.2 Å². The number of allylic oxidation sites excluding steroid dienone is 18. The van der Waals surface area contributed by atoms with Gasteiger partial charge in [-0.05, 0) is 116 Å². The van der Waals surface area contributed by atoms with E-state index in [0.717, 1.165) is 135 Å². The first-order chi connectivity index (χ1) is 32.5. The molecule has 0 aliphatic heterocycles. The molecule has 0 bridgehead atoms. The van der Waals surface area contributed by atoms with Crippen LogP contribution in [0, 0.1) is 0 Å². The van der Waals surface area contributed by atoms with E-state index in [4.69, 9.17) is 14.2 Å². The van der Waals surface area contributed by atoms with E-state index in [1.165, 1.54) is 57.8 Å². The zero-order chi connectivity index (χ0) is 47.9. The van der Waals surface area contributed by atoms with Gasteiger partial charge in [-0.1, -0.05) is 207 Å². The Hall–Kier alpha value is -3.93. The summed E-state index contributed by atoms with van der Waals surface area (Å²) in [5.41, 5.74) is 0. The minimum Gasteiger partial charge on any atom is -0.462 e. The van der Waals surface area contributed by atoms with Crippen molar-refractivity contribution in [1.82, 2.24) is 0 Å². The molecule has 0 aromatic carbocycles. The van der Waals surface area contributed by atoms with E-state index in [0.29, 0.717) is 12.8 Å². The van der Waals surface area contributed by atoms with Gasteiger partial charge in [0.25, 0.3) is 0 Å². The van der Waals surface area contributed by atoms with E-state index in [1.54, 1.807) is 0 Å². The van der Waals surface area contributed by atoms with Crippen LogP contribution in [0.15, 0.2) is 109 Å². The number of carbonyl (C=O) groups excluding carboxylic acids is 3. The molecular formula is C60H98O6. The molecule has 0 aliphatic rings. The molecule has 66 heavy (non-hydrogen) atoms. The third-order valence-electron chi connectivity index (χ3n) is 11.0. The molecule has 0 saturated heterocycles. The van der Waals surface area contributed by atoms with E-state index < -0.39 is 6.10 Å². The highest BCUT2D eigenvalue weighted by atomic mass is 16.6. The van der Waals surface area contributed by atoms with Crippen molar-refractivity contribution in [3.05, 3.63) is 109 Å². The summed E-state index contributed by atoms with van der Waals surface area (Å²) in [6.45, 7) is 6.44. The zero-order valence-corrected chi connectivity index (χ0v) is 42.7. The number of carbonyl (C=O) groups is 3. The Kier molecular flexibility index (Phi) is 50.5. The Morgan fingerprint density at radius 2 is 0.545 bits per heavy atom. The first-order valence-corrected chi connectivity index (χ1v) is 26.9. The van der Waals surface area contributed by atoms with E-state index in [9.17, 15) is 14.4 Å². The molecule has 374 valence electrons. The van der Waals surface area contributed by atoms with Crippen LogP contribution in [0.4, 0.5) is 0 Å². The maximum Gasteiger partial charge on any atom is 0.306 e. The van der Waals surface area contributed by atoms with Crippen LogP contribution in [0.3, 0.4) is 0 Å². The second kappa shape index (κ2) is 53.7. The minimum absolute atomic E-state index is 0.108. The van der Waals surface area contributed by atoms with Crippen LogP contribution in [0.5, 0.6) is 0 Å². The lowest BCUT2D eigenvalue weighted by Gasteiger charge is -2.18. The van der Waals surface area contributed by atoms with Crippen molar-refractivity contribution in [3.63, 3.8) is 0 Å². The van der Waals surface area contributed by atoms with E-state index in [1.807, 2.05) is 0 Å². The molecule has 0 rings (SSSR count). The summed E-state index contributed by atoms with van der Waals surface area (Å²) in [5.74, 6) is -0.976. The fraction of sp³-hybridized carbons (Fsp3) is 0.650. The standard InChI is InChI=1S/C60H98O6/c1-4-7-10-13-16-19-22-25-28-31-34-37-40-43-46-49-52-58(61)64-55-57(66-60(63)54-51-48-45-42-39-36-33-30-27-24-21-18-15-12-9-6-3)56-65-59(62)53-50-47-44-41-38-35-32-29-26-23-20-17-14-11-8-5-2/h13-18,22-27,31-36,57H,4-12,19-21,28-30,37-56H2,1-3H3/b16-13-,17-14-,18-15-,25-22-,26-23-,27-24-,34-31-,35-32-,36-33-. The molecule has 0 aromatic heterocycles. The average molecular weight is 915 g/mol. The van der Waals surface area contributed by atoms with Crippen LogP contribution in [0.1, 0.15) is 233 Å². The quantitative estimate of drug-likeness (QED) is 0.0262. The van der Waals surface area contributed by atoms with Gasteiger partial charge in [-0.25, -0.2) is 0 Å². The lowest BCUT2D eigenvalue weighted by atomic mass is 10.1. The first kappa shape index (κ1) is 62.1. The van der Waals surface area contributed by atoms with E-state index in [-0.39, 0.29) is 37.5 Å². The second-order valence-corrected chi connectivity index (χ2v) is 17.4. The summed E-state index contributed by atoms with van der Waals surface area (Å²) in [7, 11) is 0. The normalized spacial score (nSPS) is 12.5. The fourth-order valence-corrected chi connectivity index (χ4v) is 6.83. The van der Waals surface area contributed by atoms with Gasteiger partial charge in [0, 0.05) is 19.3 Å². The van der Waals surface area contributed by atoms with Gasteiger partial charge in [0.15, 0.2) is 6.10 Å². The van der Waals surface area contributed by atoms with Gasteiger partial charge in [0.1, 0.15) is 13.2 Å². The van der Waals surface area contributed by atoms with Gasteiger partial charge in [-0.3, -0.25) is 14.4 Å². The van der Waals surface area contributed by atoms with Crippen LogP contribution in [0.25, 0.3) is 0 Å². The van der Waals surface area contributed by atoms with E-state index >= 15 is 0 Å². The molecule has 6 nitrogen and oxygen atoms in total. The molecule has 0 amide bonds. The van der Waals surface area contributed by atoms with Gasteiger partial charge in [0.2, 0.25) is 0 Å². The minimum atomic E-state index is -0.811. The Bertz CT molecular complexity index is 1300. The lowest BCUT2D eigenvalue weighted by molar-refractivity contribution is -0.167. The summed E-state index contributed by atoms with van der Waals surface area (Å²) in [6.07, 6.45) is 72.0. The van der Waals surface area contributed by atoms with Crippen LogP contribution in [0.2, 0.25) is 0 Å². The Balaban J connectivity index is 4.53. The summed E-state index contributed by atoms with van der Waals surface area (Å²) >= 11 is 0. The van der Waals surface area contributed by atoms with Crippen LogP contribution in [-0.2, 0) is 28.6 Å². The predicted molar refractivity (Wildman–Crippen MR) is 283 cm³/mol. The molecule has 0 atom stereocenters. The smallest absolute Gasteiger partial charge is 0.306 e. The maximum absolute atomic E-state index is 12.8. The van der Waals surface area contributed by atoms with Crippen LogP contribution >= 0.6 is 0 Å². The number of rotatable bonds is 47. The fourth-order valence-electron chi connectivity index (χ4n) is 6.83. The second-order valence-electron chi connectivity index (χ2n) is 17.4. The van der Waals surface area contributed by atoms with Gasteiger partial charge < -0.3 is 14.2 Å². The number of hydrogen-bond acceptors (Lipinski definition) is 6. The SMILES string of the molecule is CCCC/C=C\C/C=C\C/C=C\CCCCCCC(=O)OCC(COC(=O)CCCCCC/C=C\C/C=C\C/C=C\CCCC)OC(=O)CCCCCC/C=C\C/C=C\C/C=C\CCCC. The van der Waals surface area contributed by atoms with Crippen molar-refractivity contribution < 1.29 is 28.6 Å².